The van der Waals surface area contributed by atoms with E-state index in [0.717, 1.165) is 0 Å². The molecule has 0 atom stereocenters. The van der Waals surface area contributed by atoms with Crippen LogP contribution in [0.5, 0.6) is 0 Å². The first-order valence-corrected chi connectivity index (χ1v) is 8.88. The smallest absolute Gasteiger partial charge is 0.0111 e. The van der Waals surface area contributed by atoms with Crippen LogP contribution in [0.1, 0.15) is 11.1 Å². The first-order valence-electron chi connectivity index (χ1n) is 8.88. The molecule has 0 bridgehead atoms. The van der Waals surface area contributed by atoms with E-state index in [2.05, 4.69) is 115 Å². The molecule has 26 heavy (non-hydrogen) atoms. The van der Waals surface area contributed by atoms with Crippen molar-refractivity contribution in [3.05, 3.63) is 120 Å². The fraction of sp³-hybridized carbons (Fsp3) is 0. The monoisotopic (exact) mass is 332 g/mol. The molecule has 4 aromatic rings. The zero-order valence-corrected chi connectivity index (χ0v) is 14.5. The van der Waals surface area contributed by atoms with E-state index >= 15 is 0 Å². The Balaban J connectivity index is 1.80. The Morgan fingerprint density at radius 2 is 1.00 bits per heavy atom. The molecule has 0 nitrogen and oxygen atoms in total. The molecule has 0 saturated carbocycles. The number of rotatable bonds is 4. The van der Waals surface area contributed by atoms with Crippen molar-refractivity contribution in [3.63, 3.8) is 0 Å². The molecule has 124 valence electrons. The highest BCUT2D eigenvalue weighted by Crippen LogP contribution is 2.30. The second-order valence-corrected chi connectivity index (χ2v) is 6.28. The van der Waals surface area contributed by atoms with E-state index in [1.165, 1.54) is 33.4 Å². The van der Waals surface area contributed by atoms with Gasteiger partial charge in [0.1, 0.15) is 0 Å². The van der Waals surface area contributed by atoms with Crippen LogP contribution in [0.3, 0.4) is 0 Å². The number of benzene rings is 4. The Labute approximate surface area is 155 Å². The molecule has 0 aliphatic carbocycles. The zero-order valence-electron chi connectivity index (χ0n) is 14.5. The molecule has 4 rings (SSSR count). The average molecular weight is 332 g/mol. The van der Waals surface area contributed by atoms with Gasteiger partial charge in [-0.2, -0.15) is 0 Å². The highest BCUT2D eigenvalue weighted by molar-refractivity contribution is 5.84. The lowest BCUT2D eigenvalue weighted by atomic mass is 9.94. The van der Waals surface area contributed by atoms with Crippen LogP contribution in [0.4, 0.5) is 0 Å². The molecular formula is C26H20. The maximum absolute atomic E-state index is 2.27. The predicted molar refractivity (Wildman–Crippen MR) is 113 cm³/mol. The van der Waals surface area contributed by atoms with Gasteiger partial charge in [-0.1, -0.05) is 115 Å². The van der Waals surface area contributed by atoms with Crippen LogP contribution in [-0.2, 0) is 0 Å². The van der Waals surface area contributed by atoms with Crippen LogP contribution in [0.2, 0.25) is 0 Å². The standard InChI is InChI=1S/C26H20/c1-4-10-21(11-5-1)16-17-25-20-24(22-12-6-2-7-13-22)18-19-26(25)23-14-8-3-9-15-23/h1-20H. The third-order valence-electron chi connectivity index (χ3n) is 4.50. The predicted octanol–water partition coefficient (Wildman–Crippen LogP) is 7.19. The molecule has 0 aromatic heterocycles. The molecular weight excluding hydrogens is 312 g/mol. The van der Waals surface area contributed by atoms with Crippen molar-refractivity contribution in [3.8, 4) is 22.3 Å². The molecule has 0 fully saturated rings. The molecule has 0 amide bonds. The molecule has 0 unspecified atom stereocenters. The quantitative estimate of drug-likeness (QED) is 0.347. The molecule has 0 heteroatoms. The normalized spacial score (nSPS) is 10.9. The lowest BCUT2D eigenvalue weighted by molar-refractivity contribution is 1.57. The van der Waals surface area contributed by atoms with E-state index < -0.39 is 0 Å². The van der Waals surface area contributed by atoms with Crippen molar-refractivity contribution in [1.29, 1.82) is 0 Å². The Morgan fingerprint density at radius 3 is 1.65 bits per heavy atom. The summed E-state index contributed by atoms with van der Waals surface area (Å²) in [6.45, 7) is 0. The second-order valence-electron chi connectivity index (χ2n) is 6.28. The fourth-order valence-electron chi connectivity index (χ4n) is 3.14. The van der Waals surface area contributed by atoms with E-state index in [9.17, 15) is 0 Å². The Kier molecular flexibility index (Phi) is 4.75. The summed E-state index contributed by atoms with van der Waals surface area (Å²) >= 11 is 0. The first kappa shape index (κ1) is 16.1. The molecule has 0 N–H and O–H groups in total. The number of hydrogen-bond donors (Lipinski definition) is 0. The van der Waals surface area contributed by atoms with Gasteiger partial charge in [-0.15, -0.1) is 0 Å². The molecule has 0 spiro atoms. The fourth-order valence-corrected chi connectivity index (χ4v) is 3.14. The van der Waals surface area contributed by atoms with E-state index in [-0.39, 0.29) is 0 Å². The van der Waals surface area contributed by atoms with Gasteiger partial charge in [-0.25, -0.2) is 0 Å². The highest BCUT2D eigenvalue weighted by Gasteiger charge is 2.05. The van der Waals surface area contributed by atoms with Crippen LogP contribution in [0.25, 0.3) is 34.4 Å². The zero-order chi connectivity index (χ0) is 17.6. The summed E-state index contributed by atoms with van der Waals surface area (Å²) in [5.74, 6) is 0. The van der Waals surface area contributed by atoms with Crippen molar-refractivity contribution in [2.75, 3.05) is 0 Å². The summed E-state index contributed by atoms with van der Waals surface area (Å²) in [6, 6.07) is 38.2. The highest BCUT2D eigenvalue weighted by atomic mass is 14.1. The summed E-state index contributed by atoms with van der Waals surface area (Å²) in [4.78, 5) is 0. The van der Waals surface area contributed by atoms with E-state index in [1.54, 1.807) is 0 Å². The summed E-state index contributed by atoms with van der Waals surface area (Å²) < 4.78 is 0. The molecule has 0 saturated heterocycles. The lowest BCUT2D eigenvalue weighted by Gasteiger charge is -2.10. The topological polar surface area (TPSA) is 0 Å². The SMILES string of the molecule is C(=Cc1cc(-c2ccccc2)ccc1-c1ccccc1)c1ccccc1. The van der Waals surface area contributed by atoms with E-state index in [1.807, 2.05) is 6.07 Å². The third kappa shape index (κ3) is 3.65. The average Bonchev–Trinajstić information content (AvgIpc) is 2.74. The van der Waals surface area contributed by atoms with Gasteiger partial charge in [0.15, 0.2) is 0 Å². The van der Waals surface area contributed by atoms with Crippen LogP contribution in [-0.4, -0.2) is 0 Å². The van der Waals surface area contributed by atoms with E-state index in [4.69, 9.17) is 0 Å². The van der Waals surface area contributed by atoms with Crippen LogP contribution in [0.15, 0.2) is 109 Å². The minimum Gasteiger partial charge on any atom is -0.0622 e. The van der Waals surface area contributed by atoms with Crippen LogP contribution >= 0.6 is 0 Å². The third-order valence-corrected chi connectivity index (χ3v) is 4.50. The Hall–Kier alpha value is -3.38. The van der Waals surface area contributed by atoms with Gasteiger partial charge >= 0.3 is 0 Å². The van der Waals surface area contributed by atoms with Gasteiger partial charge in [0.2, 0.25) is 0 Å². The molecule has 0 aliphatic rings. The van der Waals surface area contributed by atoms with Crippen molar-refractivity contribution in [2.45, 2.75) is 0 Å². The van der Waals surface area contributed by atoms with Crippen molar-refractivity contribution < 1.29 is 0 Å². The number of hydrogen-bond acceptors (Lipinski definition) is 0. The molecule has 0 aliphatic heterocycles. The molecule has 0 heterocycles. The summed E-state index contributed by atoms with van der Waals surface area (Å²) in [5.41, 5.74) is 7.38. The van der Waals surface area contributed by atoms with Gasteiger partial charge in [-0.05, 0) is 39.4 Å². The summed E-state index contributed by atoms with van der Waals surface area (Å²) in [7, 11) is 0. The van der Waals surface area contributed by atoms with Gasteiger partial charge in [0, 0.05) is 0 Å². The summed E-state index contributed by atoms with van der Waals surface area (Å²) in [6.07, 6.45) is 4.39. The maximum atomic E-state index is 2.27. The minimum atomic E-state index is 1.21. The second kappa shape index (κ2) is 7.67. The Morgan fingerprint density at radius 1 is 0.423 bits per heavy atom. The van der Waals surface area contributed by atoms with Gasteiger partial charge in [0.25, 0.3) is 0 Å². The molecule has 0 radical (unpaired) electrons. The largest absolute Gasteiger partial charge is 0.0622 e. The first-order chi connectivity index (χ1) is 12.9. The summed E-state index contributed by atoms with van der Waals surface area (Å²) in [5, 5.41) is 0. The van der Waals surface area contributed by atoms with E-state index in [0.29, 0.717) is 0 Å². The maximum Gasteiger partial charge on any atom is -0.0111 e. The van der Waals surface area contributed by atoms with Crippen molar-refractivity contribution >= 4 is 12.2 Å². The molecule has 4 aromatic carbocycles. The van der Waals surface area contributed by atoms with Gasteiger partial charge < -0.3 is 0 Å². The van der Waals surface area contributed by atoms with Crippen LogP contribution in [0, 0.1) is 0 Å². The lowest BCUT2D eigenvalue weighted by Crippen LogP contribution is -1.86. The Bertz CT molecular complexity index is 998. The van der Waals surface area contributed by atoms with Crippen molar-refractivity contribution in [2.24, 2.45) is 0 Å². The van der Waals surface area contributed by atoms with Gasteiger partial charge in [-0.3, -0.25) is 0 Å². The minimum absolute atomic E-state index is 1.21. The van der Waals surface area contributed by atoms with Crippen molar-refractivity contribution in [1.82, 2.24) is 0 Å². The van der Waals surface area contributed by atoms with Crippen LogP contribution < -0.4 is 0 Å². The van der Waals surface area contributed by atoms with Gasteiger partial charge in [0.05, 0.1) is 0 Å².